The van der Waals surface area contributed by atoms with Crippen LogP contribution in [-0.2, 0) is 17.5 Å². The predicted molar refractivity (Wildman–Crippen MR) is 122 cm³/mol. The molecule has 11 heteroatoms. The lowest BCUT2D eigenvalue weighted by molar-refractivity contribution is -0.137. The van der Waals surface area contributed by atoms with Crippen molar-refractivity contribution < 1.29 is 22.8 Å². The monoisotopic (exact) mass is 497 g/mol. The molecule has 0 bridgehead atoms. The highest BCUT2D eigenvalue weighted by molar-refractivity contribution is 6.31. The first-order valence-corrected chi connectivity index (χ1v) is 11.5. The molecule has 2 aromatic rings. The van der Waals surface area contributed by atoms with Crippen LogP contribution in [0.2, 0.25) is 5.02 Å². The Kier molecular flexibility index (Phi) is 6.65. The van der Waals surface area contributed by atoms with Gasteiger partial charge in [0, 0.05) is 44.7 Å². The minimum atomic E-state index is -4.41. The van der Waals surface area contributed by atoms with Crippen LogP contribution in [0.4, 0.5) is 23.7 Å². The molecule has 2 aliphatic rings. The molecule has 1 aliphatic heterocycles. The number of rotatable bonds is 4. The third-order valence-electron chi connectivity index (χ3n) is 7.04. The molecule has 34 heavy (non-hydrogen) atoms. The number of amides is 2. The normalized spacial score (nSPS) is 22.4. The summed E-state index contributed by atoms with van der Waals surface area (Å²) >= 11 is 6.18. The fraction of sp³-hybridized carbons (Fsp3) is 0.522. The van der Waals surface area contributed by atoms with Gasteiger partial charge in [0.05, 0.1) is 23.6 Å². The number of benzene rings is 1. The standard InChI is InChI=1S/C23H27ClF3N5O2/c1-14(33)30(3)20-9-28-32(13-20)22(34)31-11-15-7-19(8-16(15)12-31)29(2)10-17-6-18(23(25,26)27)4-5-21(17)24/h4-6,9,13,15-16,19H,7-8,10-12H2,1-3H3/t15-,16+,19-. The van der Waals surface area contributed by atoms with Crippen LogP contribution in [0.3, 0.4) is 0 Å². The Labute approximate surface area is 201 Å². The number of carbonyl (C=O) groups is 2. The summed E-state index contributed by atoms with van der Waals surface area (Å²) in [5.74, 6) is 0.496. The van der Waals surface area contributed by atoms with Crippen molar-refractivity contribution in [2.45, 2.75) is 38.5 Å². The fourth-order valence-corrected chi connectivity index (χ4v) is 5.15. The minimum absolute atomic E-state index is 0.149. The Bertz CT molecular complexity index is 1070. The number of carbonyl (C=O) groups excluding carboxylic acids is 2. The van der Waals surface area contributed by atoms with E-state index in [2.05, 4.69) is 10.00 Å². The molecule has 4 rings (SSSR count). The Balaban J connectivity index is 1.35. The van der Waals surface area contributed by atoms with E-state index in [0.717, 1.165) is 25.0 Å². The Hall–Kier alpha value is -2.59. The molecule has 1 saturated carbocycles. The molecule has 2 amide bonds. The van der Waals surface area contributed by atoms with Crippen LogP contribution in [0.5, 0.6) is 0 Å². The molecule has 184 valence electrons. The number of anilines is 1. The minimum Gasteiger partial charge on any atom is -0.322 e. The molecule has 0 spiro atoms. The van der Waals surface area contributed by atoms with E-state index in [0.29, 0.717) is 47.7 Å². The van der Waals surface area contributed by atoms with Gasteiger partial charge in [0.2, 0.25) is 5.91 Å². The number of halogens is 4. The van der Waals surface area contributed by atoms with Gasteiger partial charge in [0.1, 0.15) is 0 Å². The summed E-state index contributed by atoms with van der Waals surface area (Å²) in [6, 6.07) is 3.40. The largest absolute Gasteiger partial charge is 0.416 e. The molecule has 2 fully saturated rings. The maximum absolute atomic E-state index is 13.1. The van der Waals surface area contributed by atoms with E-state index in [4.69, 9.17) is 11.6 Å². The molecule has 1 aromatic heterocycles. The molecule has 0 radical (unpaired) electrons. The molecule has 1 saturated heterocycles. The van der Waals surface area contributed by atoms with Crippen LogP contribution in [-0.4, -0.2) is 64.7 Å². The van der Waals surface area contributed by atoms with Crippen molar-refractivity contribution in [3.8, 4) is 0 Å². The SMILES string of the molecule is CC(=O)N(C)c1cnn(C(=O)N2C[C@H]3C[C@@H](N(C)Cc4cc(C(F)(F)F)ccc4Cl)C[C@H]3C2)c1. The second-order valence-electron chi connectivity index (χ2n) is 9.27. The quantitative estimate of drug-likeness (QED) is 0.630. The smallest absolute Gasteiger partial charge is 0.322 e. The topological polar surface area (TPSA) is 61.7 Å². The number of fused-ring (bicyclic) bond motifs is 1. The molecule has 7 nitrogen and oxygen atoms in total. The molecule has 2 heterocycles. The Morgan fingerprint density at radius 1 is 1.18 bits per heavy atom. The zero-order valence-corrected chi connectivity index (χ0v) is 20.0. The zero-order chi connectivity index (χ0) is 24.8. The summed E-state index contributed by atoms with van der Waals surface area (Å²) in [6.07, 6.45) is 0.348. The summed E-state index contributed by atoms with van der Waals surface area (Å²) < 4.78 is 40.5. The van der Waals surface area contributed by atoms with E-state index in [1.807, 2.05) is 7.05 Å². The van der Waals surface area contributed by atoms with Crippen molar-refractivity contribution in [2.24, 2.45) is 11.8 Å². The fourth-order valence-electron chi connectivity index (χ4n) is 4.97. The summed E-state index contributed by atoms with van der Waals surface area (Å²) in [6.45, 7) is 2.98. The Morgan fingerprint density at radius 3 is 2.41 bits per heavy atom. The first-order valence-electron chi connectivity index (χ1n) is 11.1. The number of aromatic nitrogens is 2. The van der Waals surface area contributed by atoms with Gasteiger partial charge in [-0.05, 0) is 55.5 Å². The van der Waals surface area contributed by atoms with Crippen molar-refractivity contribution in [3.63, 3.8) is 0 Å². The lowest BCUT2D eigenvalue weighted by atomic mass is 10.0. The highest BCUT2D eigenvalue weighted by Crippen LogP contribution is 2.41. The lowest BCUT2D eigenvalue weighted by Crippen LogP contribution is -2.36. The van der Waals surface area contributed by atoms with Crippen LogP contribution in [0, 0.1) is 11.8 Å². The van der Waals surface area contributed by atoms with Gasteiger partial charge in [-0.2, -0.15) is 23.0 Å². The second kappa shape index (κ2) is 9.22. The highest BCUT2D eigenvalue weighted by atomic mass is 35.5. The molecule has 1 aliphatic carbocycles. The van der Waals surface area contributed by atoms with Crippen LogP contribution >= 0.6 is 11.6 Å². The van der Waals surface area contributed by atoms with Crippen molar-refractivity contribution in [1.82, 2.24) is 19.6 Å². The van der Waals surface area contributed by atoms with E-state index < -0.39 is 11.7 Å². The first kappa shape index (κ1) is 24.5. The Morgan fingerprint density at radius 2 is 1.82 bits per heavy atom. The predicted octanol–water partition coefficient (Wildman–Crippen LogP) is 4.35. The average Bonchev–Trinajstić information content (AvgIpc) is 3.48. The van der Waals surface area contributed by atoms with Gasteiger partial charge in [0.15, 0.2) is 0 Å². The van der Waals surface area contributed by atoms with Crippen molar-refractivity contribution in [1.29, 1.82) is 0 Å². The van der Waals surface area contributed by atoms with Gasteiger partial charge in [-0.15, -0.1) is 0 Å². The number of alkyl halides is 3. The summed E-state index contributed by atoms with van der Waals surface area (Å²) in [5.41, 5.74) is 0.307. The number of hydrogen-bond acceptors (Lipinski definition) is 4. The number of nitrogens with zero attached hydrogens (tertiary/aromatic N) is 5. The molecule has 3 atom stereocenters. The third-order valence-corrected chi connectivity index (χ3v) is 7.41. The molecular weight excluding hydrogens is 471 g/mol. The average molecular weight is 498 g/mol. The van der Waals surface area contributed by atoms with Crippen molar-refractivity contribution >= 4 is 29.2 Å². The van der Waals surface area contributed by atoms with E-state index in [1.165, 1.54) is 28.8 Å². The molecule has 0 unspecified atom stereocenters. The summed E-state index contributed by atoms with van der Waals surface area (Å²) in [5, 5.41) is 4.43. The van der Waals surface area contributed by atoms with Crippen LogP contribution in [0.15, 0.2) is 30.6 Å². The van der Waals surface area contributed by atoms with E-state index in [-0.39, 0.29) is 18.0 Å². The van der Waals surface area contributed by atoms with Gasteiger partial charge < -0.3 is 9.80 Å². The van der Waals surface area contributed by atoms with Gasteiger partial charge >= 0.3 is 12.2 Å². The number of hydrogen-bond donors (Lipinski definition) is 0. The zero-order valence-electron chi connectivity index (χ0n) is 19.2. The maximum atomic E-state index is 13.1. The van der Waals surface area contributed by atoms with Crippen LogP contribution in [0.1, 0.15) is 30.9 Å². The number of likely N-dealkylation sites (tertiary alicyclic amines) is 1. The second-order valence-corrected chi connectivity index (χ2v) is 9.68. The van der Waals surface area contributed by atoms with Gasteiger partial charge in [-0.25, -0.2) is 4.79 Å². The van der Waals surface area contributed by atoms with E-state index in [1.54, 1.807) is 18.1 Å². The highest BCUT2D eigenvalue weighted by Gasteiger charge is 2.44. The third kappa shape index (κ3) is 4.93. The molecule has 0 N–H and O–H groups in total. The van der Waals surface area contributed by atoms with Crippen molar-refractivity contribution in [2.75, 3.05) is 32.1 Å². The van der Waals surface area contributed by atoms with E-state index >= 15 is 0 Å². The van der Waals surface area contributed by atoms with Crippen LogP contribution < -0.4 is 4.90 Å². The van der Waals surface area contributed by atoms with Crippen molar-refractivity contribution in [3.05, 3.63) is 46.7 Å². The first-order chi connectivity index (χ1) is 15.9. The van der Waals surface area contributed by atoms with Gasteiger partial charge in [-0.1, -0.05) is 11.6 Å². The maximum Gasteiger partial charge on any atom is 0.416 e. The van der Waals surface area contributed by atoms with E-state index in [9.17, 15) is 22.8 Å². The summed E-state index contributed by atoms with van der Waals surface area (Å²) in [4.78, 5) is 29.7. The molecule has 1 aromatic carbocycles. The van der Waals surface area contributed by atoms with Gasteiger partial charge in [0.25, 0.3) is 0 Å². The molecular formula is C23H27ClF3N5O2. The van der Waals surface area contributed by atoms with Gasteiger partial charge in [-0.3, -0.25) is 9.69 Å². The van der Waals surface area contributed by atoms with Crippen LogP contribution in [0.25, 0.3) is 0 Å². The summed E-state index contributed by atoms with van der Waals surface area (Å²) in [7, 11) is 3.53. The lowest BCUT2D eigenvalue weighted by Gasteiger charge is -2.27.